The van der Waals surface area contributed by atoms with Crippen LogP contribution in [0.5, 0.6) is 5.75 Å². The molecule has 0 saturated heterocycles. The van der Waals surface area contributed by atoms with Crippen molar-refractivity contribution in [1.82, 2.24) is 0 Å². The third-order valence-corrected chi connectivity index (χ3v) is 9.31. The first kappa shape index (κ1) is 25.5. The van der Waals surface area contributed by atoms with E-state index in [1.807, 2.05) is 69.3 Å². The van der Waals surface area contributed by atoms with E-state index in [0.717, 1.165) is 30.7 Å². The van der Waals surface area contributed by atoms with E-state index in [1.54, 1.807) is 30.7 Å². The first-order chi connectivity index (χ1) is 16.7. The second-order valence-electron chi connectivity index (χ2n) is 8.47. The lowest BCUT2D eigenvalue weighted by molar-refractivity contribution is -0.114. The molecule has 0 bridgehead atoms. The van der Waals surface area contributed by atoms with E-state index >= 15 is 0 Å². The van der Waals surface area contributed by atoms with E-state index in [-0.39, 0.29) is 12.4 Å². The monoisotopic (exact) mass is 525 g/mol. The summed E-state index contributed by atoms with van der Waals surface area (Å²) in [5.41, 5.74) is 2.51. The van der Waals surface area contributed by atoms with Crippen molar-refractivity contribution in [2.45, 2.75) is 39.7 Å². The van der Waals surface area contributed by atoms with Gasteiger partial charge in [-0.2, -0.15) is 0 Å². The van der Waals surface area contributed by atoms with Crippen molar-refractivity contribution in [3.63, 3.8) is 0 Å². The zero-order valence-corrected chi connectivity index (χ0v) is 22.8. The van der Waals surface area contributed by atoms with E-state index in [9.17, 15) is 9.59 Å². The van der Waals surface area contributed by atoms with Gasteiger partial charge in [0.05, 0.1) is 38.9 Å². The van der Waals surface area contributed by atoms with Crippen molar-refractivity contribution >= 4 is 68.6 Å². The summed E-state index contributed by atoms with van der Waals surface area (Å²) in [6.07, 6.45) is -0.0364. The molecule has 2 aliphatic heterocycles. The zero-order chi connectivity index (χ0) is 25.3. The Labute approximate surface area is 219 Å². The number of Topliss-reactive ketones (excluding diaryl/α,β-unsaturated/α-hetero) is 1. The number of thioether (sulfide) groups is 2. The molecule has 0 aliphatic carbocycles. The van der Waals surface area contributed by atoms with Crippen LogP contribution in [0.15, 0.2) is 57.7 Å². The highest BCUT2D eigenvalue weighted by molar-refractivity contribution is 8.32. The summed E-state index contributed by atoms with van der Waals surface area (Å²) in [4.78, 5) is 29.9. The van der Waals surface area contributed by atoms with E-state index < -0.39 is 11.6 Å². The number of carbonyl (C=O) groups excluding carboxylic acids is 2. The highest BCUT2D eigenvalue weighted by atomic mass is 32.2. The number of fused-ring (bicyclic) bond motifs is 1. The maximum Gasteiger partial charge on any atom is 0.415 e. The summed E-state index contributed by atoms with van der Waals surface area (Å²) in [6, 6.07) is 15.5. The number of ether oxygens (including phenoxy) is 2. The smallest absolute Gasteiger partial charge is 0.415 e. The molecule has 0 radical (unpaired) electrons. The van der Waals surface area contributed by atoms with Crippen molar-refractivity contribution in [1.29, 1.82) is 0 Å². The summed E-state index contributed by atoms with van der Waals surface area (Å²) in [7, 11) is 1.61. The van der Waals surface area contributed by atoms with Crippen molar-refractivity contribution < 1.29 is 19.1 Å². The van der Waals surface area contributed by atoms with Crippen LogP contribution in [0.4, 0.5) is 10.5 Å². The van der Waals surface area contributed by atoms with Gasteiger partial charge in [0.25, 0.3) is 0 Å². The molecule has 2 aromatic carbocycles. The molecular weight excluding hydrogens is 499 g/mol. The second kappa shape index (κ2) is 10.2. The fraction of sp³-hybridized carbons (Fsp3) is 0.296. The van der Waals surface area contributed by atoms with Crippen LogP contribution in [0.2, 0.25) is 0 Å². The minimum Gasteiger partial charge on any atom is -0.497 e. The molecule has 8 heteroatoms. The Kier molecular flexibility index (Phi) is 7.45. The Bertz CT molecular complexity index is 1260. The van der Waals surface area contributed by atoms with Gasteiger partial charge in [-0.1, -0.05) is 73.0 Å². The average molecular weight is 526 g/mol. The summed E-state index contributed by atoms with van der Waals surface area (Å²) in [5.74, 6) is 0.749. The van der Waals surface area contributed by atoms with Gasteiger partial charge in [0.1, 0.15) is 5.75 Å². The Morgan fingerprint density at radius 2 is 1.77 bits per heavy atom. The summed E-state index contributed by atoms with van der Waals surface area (Å²) >= 11 is 9.07. The lowest BCUT2D eigenvalue weighted by Gasteiger charge is -2.44. The molecule has 2 heterocycles. The van der Waals surface area contributed by atoms with Gasteiger partial charge in [-0.25, -0.2) is 4.79 Å². The molecule has 182 valence electrons. The normalized spacial score (nSPS) is 19.0. The highest BCUT2D eigenvalue weighted by Crippen LogP contribution is 2.59. The molecule has 1 amide bonds. The summed E-state index contributed by atoms with van der Waals surface area (Å²) in [6.45, 7) is 7.77. The molecule has 0 unspecified atom stereocenters. The summed E-state index contributed by atoms with van der Waals surface area (Å²) in [5, 5.41) is 0. The van der Waals surface area contributed by atoms with Gasteiger partial charge in [0.15, 0.2) is 5.78 Å². The zero-order valence-electron chi connectivity index (χ0n) is 20.3. The van der Waals surface area contributed by atoms with Gasteiger partial charge in [0.2, 0.25) is 0 Å². The molecule has 0 fully saturated rings. The predicted molar refractivity (Wildman–Crippen MR) is 150 cm³/mol. The number of ketones is 1. The number of amides is 1. The number of thiocarbonyl (C=S) groups is 1. The van der Waals surface area contributed by atoms with Crippen LogP contribution < -0.4 is 9.64 Å². The molecule has 0 aromatic heterocycles. The molecule has 0 spiro atoms. The number of hydrogen-bond donors (Lipinski definition) is 0. The van der Waals surface area contributed by atoms with Gasteiger partial charge in [-0.3, -0.25) is 9.69 Å². The van der Waals surface area contributed by atoms with Crippen LogP contribution >= 0.6 is 35.7 Å². The molecule has 35 heavy (non-hydrogen) atoms. The van der Waals surface area contributed by atoms with Crippen molar-refractivity contribution in [2.75, 3.05) is 18.6 Å². The van der Waals surface area contributed by atoms with E-state index in [4.69, 9.17) is 21.7 Å². The quantitative estimate of drug-likeness (QED) is 0.299. The first-order valence-electron chi connectivity index (χ1n) is 11.4. The van der Waals surface area contributed by atoms with Gasteiger partial charge in [-0.05, 0) is 44.5 Å². The summed E-state index contributed by atoms with van der Waals surface area (Å²) < 4.78 is 11.8. The van der Waals surface area contributed by atoms with Crippen LogP contribution in [0.1, 0.15) is 45.2 Å². The van der Waals surface area contributed by atoms with E-state index in [1.165, 1.54) is 11.8 Å². The fourth-order valence-corrected chi connectivity index (χ4v) is 7.39. The van der Waals surface area contributed by atoms with E-state index in [0.29, 0.717) is 22.7 Å². The lowest BCUT2D eigenvalue weighted by atomic mass is 9.83. The Morgan fingerprint density at radius 3 is 2.40 bits per heavy atom. The van der Waals surface area contributed by atoms with Gasteiger partial charge >= 0.3 is 6.09 Å². The standard InChI is InChI=1S/C27H27NO4S3/c1-6-20(29)23-22(16-11-9-8-10-12-16)34-25(35-23)21-18-15-17(31-5)13-14-19(18)28(26(30)32-7-2)27(3,4)24(21)33/h8-15H,6-7H2,1-5H3. The minimum atomic E-state index is -0.822. The Hall–Kier alpha value is -2.55. The first-order valence-corrected chi connectivity index (χ1v) is 13.4. The molecule has 2 aromatic rings. The Balaban J connectivity index is 1.93. The number of anilines is 1. The minimum absolute atomic E-state index is 0.0944. The number of benzene rings is 2. The maximum absolute atomic E-state index is 13.1. The molecule has 5 nitrogen and oxygen atoms in total. The fourth-order valence-electron chi connectivity index (χ4n) is 4.11. The third-order valence-electron chi connectivity index (χ3n) is 5.92. The number of methoxy groups -OCH3 is 1. The van der Waals surface area contributed by atoms with Crippen molar-refractivity contribution in [3.05, 3.63) is 68.8 Å². The van der Waals surface area contributed by atoms with Crippen LogP contribution in [-0.4, -0.2) is 36.0 Å². The van der Waals surface area contributed by atoms with E-state index in [2.05, 4.69) is 0 Å². The maximum atomic E-state index is 13.1. The van der Waals surface area contributed by atoms with Gasteiger partial charge in [-0.15, -0.1) is 0 Å². The van der Waals surface area contributed by atoms with Crippen molar-refractivity contribution in [2.24, 2.45) is 0 Å². The van der Waals surface area contributed by atoms with Crippen LogP contribution in [0, 0.1) is 0 Å². The Morgan fingerprint density at radius 1 is 1.06 bits per heavy atom. The molecule has 0 saturated carbocycles. The average Bonchev–Trinajstić information content (AvgIpc) is 3.29. The number of rotatable bonds is 5. The van der Waals surface area contributed by atoms with Gasteiger partial charge in [0, 0.05) is 22.5 Å². The van der Waals surface area contributed by atoms with Crippen LogP contribution in [0.25, 0.3) is 10.5 Å². The molecule has 0 atom stereocenters. The molecule has 2 aliphatic rings. The van der Waals surface area contributed by atoms with Crippen LogP contribution in [0.3, 0.4) is 0 Å². The number of carbonyl (C=O) groups is 2. The van der Waals surface area contributed by atoms with Crippen molar-refractivity contribution in [3.8, 4) is 5.75 Å². The number of allylic oxidation sites excluding steroid dienone is 1. The molecule has 0 N–H and O–H groups in total. The molecule has 4 rings (SSSR count). The van der Waals surface area contributed by atoms with Gasteiger partial charge < -0.3 is 9.47 Å². The third kappa shape index (κ3) is 4.55. The lowest BCUT2D eigenvalue weighted by Crippen LogP contribution is -2.56. The number of nitrogens with zero attached hydrogens (tertiary/aromatic N) is 1. The topological polar surface area (TPSA) is 55.8 Å². The largest absolute Gasteiger partial charge is 0.497 e. The second-order valence-corrected chi connectivity index (χ2v) is 11.2. The van der Waals surface area contributed by atoms with Crippen LogP contribution in [-0.2, 0) is 9.53 Å². The predicted octanol–water partition coefficient (Wildman–Crippen LogP) is 7.32. The molecular formula is C27H27NO4S3. The highest BCUT2D eigenvalue weighted by Gasteiger charge is 2.46. The SMILES string of the molecule is CCOC(=O)N1c2ccc(OC)cc2C(=C2SC(C(=O)CC)=C(c3ccccc3)S2)C(=S)C1(C)C. The number of hydrogen-bond acceptors (Lipinski definition) is 7.